The molecule has 0 aliphatic carbocycles. The molecule has 0 fully saturated rings. The summed E-state index contributed by atoms with van der Waals surface area (Å²) in [6, 6.07) is 8.92. The van der Waals surface area contributed by atoms with Crippen LogP contribution in [0, 0.1) is 5.41 Å². The third kappa shape index (κ3) is 2.99. The van der Waals surface area contributed by atoms with E-state index in [0.29, 0.717) is 4.88 Å². The zero-order valence-corrected chi connectivity index (χ0v) is 12.6. The molecule has 1 unspecified atom stereocenters. The van der Waals surface area contributed by atoms with E-state index in [1.54, 1.807) is 0 Å². The summed E-state index contributed by atoms with van der Waals surface area (Å²) >= 11 is 1.41. The molecule has 0 bridgehead atoms. The molecule has 1 aromatic carbocycles. The van der Waals surface area contributed by atoms with E-state index in [1.165, 1.54) is 11.3 Å². The van der Waals surface area contributed by atoms with Crippen molar-refractivity contribution in [2.24, 2.45) is 11.1 Å². The number of rotatable bonds is 3. The first-order valence-corrected chi connectivity index (χ1v) is 7.19. The lowest BCUT2D eigenvalue weighted by Crippen LogP contribution is -2.51. The predicted molar refractivity (Wildman–Crippen MR) is 81.7 cm³/mol. The van der Waals surface area contributed by atoms with Crippen LogP contribution in [-0.4, -0.2) is 17.9 Å². The molecule has 2 rings (SSSR count). The smallest absolute Gasteiger partial charge is 0.262 e. The van der Waals surface area contributed by atoms with Gasteiger partial charge in [0.25, 0.3) is 5.91 Å². The highest BCUT2D eigenvalue weighted by molar-refractivity contribution is 7.20. The summed E-state index contributed by atoms with van der Waals surface area (Å²) < 4.78 is 1.05. The Hall–Kier alpha value is -1.88. The molecule has 20 heavy (non-hydrogen) atoms. The van der Waals surface area contributed by atoms with Gasteiger partial charge in [-0.15, -0.1) is 11.3 Å². The van der Waals surface area contributed by atoms with E-state index in [4.69, 9.17) is 5.73 Å². The van der Waals surface area contributed by atoms with Crippen molar-refractivity contribution in [2.75, 3.05) is 0 Å². The molecule has 2 aromatic rings. The van der Waals surface area contributed by atoms with Crippen LogP contribution in [0.25, 0.3) is 10.1 Å². The topological polar surface area (TPSA) is 72.2 Å². The number of carbonyl (C=O) groups excluding carboxylic acids is 2. The van der Waals surface area contributed by atoms with E-state index in [9.17, 15) is 9.59 Å². The number of thiophene rings is 1. The summed E-state index contributed by atoms with van der Waals surface area (Å²) in [5, 5.41) is 3.75. The number of nitrogens with two attached hydrogens (primary N) is 1. The SMILES string of the molecule is CC(C)(C)C(NC(=O)c1cc2ccccc2s1)C(N)=O. The molecule has 0 saturated carbocycles. The van der Waals surface area contributed by atoms with Crippen molar-refractivity contribution in [3.63, 3.8) is 0 Å². The normalized spacial score (nSPS) is 13.2. The second kappa shape index (κ2) is 5.25. The fourth-order valence-corrected chi connectivity index (χ4v) is 2.98. The molecule has 106 valence electrons. The van der Waals surface area contributed by atoms with Crippen LogP contribution in [0.3, 0.4) is 0 Å². The van der Waals surface area contributed by atoms with E-state index >= 15 is 0 Å². The van der Waals surface area contributed by atoms with Gasteiger partial charge in [-0.3, -0.25) is 9.59 Å². The zero-order valence-electron chi connectivity index (χ0n) is 11.8. The van der Waals surface area contributed by atoms with Crippen molar-refractivity contribution in [1.29, 1.82) is 0 Å². The Morgan fingerprint density at radius 3 is 2.45 bits per heavy atom. The maximum Gasteiger partial charge on any atom is 0.262 e. The van der Waals surface area contributed by atoms with Crippen LogP contribution in [0.15, 0.2) is 30.3 Å². The molecule has 3 N–H and O–H groups in total. The number of primary amides is 1. The van der Waals surface area contributed by atoms with Crippen LogP contribution >= 0.6 is 11.3 Å². The summed E-state index contributed by atoms with van der Waals surface area (Å²) in [5.41, 5.74) is 4.96. The minimum atomic E-state index is -0.694. The van der Waals surface area contributed by atoms with Crippen molar-refractivity contribution in [1.82, 2.24) is 5.32 Å². The van der Waals surface area contributed by atoms with Crippen molar-refractivity contribution >= 4 is 33.2 Å². The number of nitrogens with one attached hydrogen (secondary N) is 1. The van der Waals surface area contributed by atoms with Gasteiger partial charge in [0.1, 0.15) is 6.04 Å². The van der Waals surface area contributed by atoms with E-state index in [2.05, 4.69) is 5.32 Å². The molecular formula is C15H18N2O2S. The molecule has 2 amide bonds. The summed E-state index contributed by atoms with van der Waals surface area (Å²) in [6.45, 7) is 5.61. The number of amides is 2. The molecular weight excluding hydrogens is 272 g/mol. The summed E-state index contributed by atoms with van der Waals surface area (Å²) in [4.78, 5) is 24.3. The second-order valence-electron chi connectivity index (χ2n) is 5.82. The highest BCUT2D eigenvalue weighted by Gasteiger charge is 2.31. The molecule has 1 atom stereocenters. The van der Waals surface area contributed by atoms with Crippen LogP contribution in [0.5, 0.6) is 0 Å². The number of hydrogen-bond donors (Lipinski definition) is 2. The monoisotopic (exact) mass is 290 g/mol. The van der Waals surface area contributed by atoms with Gasteiger partial charge in [0.15, 0.2) is 0 Å². The number of fused-ring (bicyclic) bond motifs is 1. The molecule has 1 heterocycles. The third-order valence-corrected chi connectivity index (χ3v) is 4.19. The largest absolute Gasteiger partial charge is 0.368 e. The number of benzene rings is 1. The second-order valence-corrected chi connectivity index (χ2v) is 6.91. The van der Waals surface area contributed by atoms with E-state index in [-0.39, 0.29) is 5.91 Å². The van der Waals surface area contributed by atoms with Crippen molar-refractivity contribution in [2.45, 2.75) is 26.8 Å². The lowest BCUT2D eigenvalue weighted by Gasteiger charge is -2.28. The fourth-order valence-electron chi connectivity index (χ4n) is 2.01. The Balaban J connectivity index is 2.24. The number of carbonyl (C=O) groups is 2. The van der Waals surface area contributed by atoms with Crippen LogP contribution in [0.1, 0.15) is 30.4 Å². The Morgan fingerprint density at radius 1 is 1.25 bits per heavy atom. The first-order chi connectivity index (χ1) is 9.29. The van der Waals surface area contributed by atoms with Gasteiger partial charge in [-0.2, -0.15) is 0 Å². The third-order valence-electron chi connectivity index (χ3n) is 3.08. The maximum atomic E-state index is 12.3. The molecule has 0 spiro atoms. The number of hydrogen-bond acceptors (Lipinski definition) is 3. The lowest BCUT2D eigenvalue weighted by molar-refractivity contribution is -0.122. The Bertz CT molecular complexity index is 622. The van der Waals surface area contributed by atoms with E-state index in [1.807, 2.05) is 51.1 Å². The first-order valence-electron chi connectivity index (χ1n) is 6.38. The van der Waals surface area contributed by atoms with Crippen LogP contribution in [-0.2, 0) is 4.79 Å². The van der Waals surface area contributed by atoms with Gasteiger partial charge in [0, 0.05) is 4.70 Å². The average molecular weight is 290 g/mol. The Morgan fingerprint density at radius 2 is 1.90 bits per heavy atom. The molecule has 0 radical (unpaired) electrons. The van der Waals surface area contributed by atoms with Gasteiger partial charge < -0.3 is 11.1 Å². The minimum Gasteiger partial charge on any atom is -0.368 e. The van der Waals surface area contributed by atoms with Gasteiger partial charge in [0.05, 0.1) is 4.88 Å². The van der Waals surface area contributed by atoms with Gasteiger partial charge in [-0.05, 0) is 22.9 Å². The highest BCUT2D eigenvalue weighted by atomic mass is 32.1. The van der Waals surface area contributed by atoms with Gasteiger partial charge in [-0.1, -0.05) is 39.0 Å². The van der Waals surface area contributed by atoms with Crippen LogP contribution < -0.4 is 11.1 Å². The van der Waals surface area contributed by atoms with E-state index in [0.717, 1.165) is 10.1 Å². The standard InChI is InChI=1S/C15H18N2O2S/c1-15(2,3)12(13(16)18)17-14(19)11-8-9-6-4-5-7-10(9)20-11/h4-8,12H,1-3H3,(H2,16,18)(H,17,19). The summed E-state index contributed by atoms with van der Waals surface area (Å²) in [7, 11) is 0. The molecule has 5 heteroatoms. The van der Waals surface area contributed by atoms with Crippen molar-refractivity contribution in [3.05, 3.63) is 35.2 Å². The van der Waals surface area contributed by atoms with E-state index < -0.39 is 17.4 Å². The minimum absolute atomic E-state index is 0.259. The highest BCUT2D eigenvalue weighted by Crippen LogP contribution is 2.26. The zero-order chi connectivity index (χ0) is 14.9. The van der Waals surface area contributed by atoms with Crippen LogP contribution in [0.4, 0.5) is 0 Å². The Kier molecular flexibility index (Phi) is 3.81. The lowest BCUT2D eigenvalue weighted by atomic mass is 9.86. The average Bonchev–Trinajstić information content (AvgIpc) is 2.77. The fraction of sp³-hybridized carbons (Fsp3) is 0.333. The van der Waals surface area contributed by atoms with Gasteiger partial charge >= 0.3 is 0 Å². The van der Waals surface area contributed by atoms with Crippen molar-refractivity contribution < 1.29 is 9.59 Å². The molecule has 4 nitrogen and oxygen atoms in total. The van der Waals surface area contributed by atoms with Gasteiger partial charge in [-0.25, -0.2) is 0 Å². The molecule has 1 aromatic heterocycles. The van der Waals surface area contributed by atoms with Gasteiger partial charge in [0.2, 0.25) is 5.91 Å². The summed E-state index contributed by atoms with van der Waals surface area (Å²) in [5.74, 6) is -0.781. The maximum absolute atomic E-state index is 12.3. The molecule has 0 aliphatic heterocycles. The quantitative estimate of drug-likeness (QED) is 0.911. The Labute approximate surface area is 122 Å². The summed E-state index contributed by atoms with van der Waals surface area (Å²) in [6.07, 6.45) is 0. The first kappa shape index (κ1) is 14.5. The van der Waals surface area contributed by atoms with Crippen LogP contribution in [0.2, 0.25) is 0 Å². The van der Waals surface area contributed by atoms with Crippen molar-refractivity contribution in [3.8, 4) is 0 Å². The predicted octanol–water partition coefficient (Wildman–Crippen LogP) is 2.53. The molecule has 0 aliphatic rings. The molecule has 0 saturated heterocycles.